The van der Waals surface area contributed by atoms with Crippen LogP contribution in [0.2, 0.25) is 5.02 Å². The highest BCUT2D eigenvalue weighted by atomic mass is 35.5. The lowest BCUT2D eigenvalue weighted by molar-refractivity contribution is -0.157. The first kappa shape index (κ1) is 15.3. The van der Waals surface area contributed by atoms with Gasteiger partial charge in [0.15, 0.2) is 0 Å². The number of alkyl halides is 3. The Hall–Kier alpha value is -0.790. The molecule has 0 aromatic carbocycles. The van der Waals surface area contributed by atoms with Crippen molar-refractivity contribution in [2.24, 2.45) is 0 Å². The quantitative estimate of drug-likeness (QED) is 0.897. The zero-order valence-electron chi connectivity index (χ0n) is 10.4. The predicted molar refractivity (Wildman–Crippen MR) is 63.6 cm³/mol. The highest BCUT2D eigenvalue weighted by Gasteiger charge is 2.42. The standard InChI is InChI=1S/C10H16ClF3N4/c1-15-9(10(12,13)14)8-7(11)6-16-18(8)5-4-17(2)3/h6,9,15H,4-5H2,1-3H3. The first-order chi connectivity index (χ1) is 8.27. The molecule has 1 N–H and O–H groups in total. The van der Waals surface area contributed by atoms with Gasteiger partial charge in [-0.05, 0) is 21.1 Å². The van der Waals surface area contributed by atoms with Gasteiger partial charge < -0.3 is 10.2 Å². The molecule has 1 heterocycles. The Morgan fingerprint density at radius 1 is 1.50 bits per heavy atom. The van der Waals surface area contributed by atoms with Crippen LogP contribution in [0.3, 0.4) is 0 Å². The molecule has 0 radical (unpaired) electrons. The first-order valence-electron chi connectivity index (χ1n) is 5.37. The van der Waals surface area contributed by atoms with Crippen LogP contribution in [0.4, 0.5) is 13.2 Å². The minimum Gasteiger partial charge on any atom is -0.308 e. The van der Waals surface area contributed by atoms with Gasteiger partial charge >= 0.3 is 6.18 Å². The number of likely N-dealkylation sites (N-methyl/N-ethyl adjacent to an activating group) is 1. The van der Waals surface area contributed by atoms with E-state index in [0.29, 0.717) is 13.1 Å². The number of rotatable bonds is 5. The highest BCUT2D eigenvalue weighted by molar-refractivity contribution is 6.31. The number of aromatic nitrogens is 2. The van der Waals surface area contributed by atoms with E-state index in [9.17, 15) is 13.2 Å². The molecule has 0 amide bonds. The van der Waals surface area contributed by atoms with E-state index < -0.39 is 12.2 Å². The Morgan fingerprint density at radius 3 is 2.56 bits per heavy atom. The molecule has 1 aromatic rings. The SMILES string of the molecule is CNC(c1c(Cl)cnn1CCN(C)C)C(F)(F)F. The number of halogens is 4. The van der Waals surface area contributed by atoms with E-state index >= 15 is 0 Å². The van der Waals surface area contributed by atoms with Crippen LogP contribution in [-0.2, 0) is 6.54 Å². The maximum absolute atomic E-state index is 12.9. The molecule has 18 heavy (non-hydrogen) atoms. The molecule has 8 heteroatoms. The largest absolute Gasteiger partial charge is 0.409 e. The predicted octanol–water partition coefficient (Wildman–Crippen LogP) is 1.92. The van der Waals surface area contributed by atoms with Crippen LogP contribution >= 0.6 is 11.6 Å². The molecule has 0 spiro atoms. The monoisotopic (exact) mass is 284 g/mol. The van der Waals surface area contributed by atoms with Crippen LogP contribution in [0.25, 0.3) is 0 Å². The number of hydrogen-bond donors (Lipinski definition) is 1. The summed E-state index contributed by atoms with van der Waals surface area (Å²) >= 11 is 5.80. The molecule has 1 aromatic heterocycles. The molecule has 104 valence electrons. The molecule has 4 nitrogen and oxygen atoms in total. The lowest BCUT2D eigenvalue weighted by atomic mass is 10.2. The van der Waals surface area contributed by atoms with E-state index in [2.05, 4.69) is 10.4 Å². The van der Waals surface area contributed by atoms with Gasteiger partial charge in [-0.2, -0.15) is 18.3 Å². The third kappa shape index (κ3) is 3.60. The molecule has 0 aliphatic carbocycles. The lowest BCUT2D eigenvalue weighted by Crippen LogP contribution is -2.34. The van der Waals surface area contributed by atoms with Gasteiger partial charge in [-0.3, -0.25) is 4.68 Å². The molecule has 1 unspecified atom stereocenters. The summed E-state index contributed by atoms with van der Waals surface area (Å²) < 4.78 is 39.9. The van der Waals surface area contributed by atoms with Gasteiger partial charge in [0.2, 0.25) is 0 Å². The third-order valence-corrected chi connectivity index (χ3v) is 2.77. The van der Waals surface area contributed by atoms with Crippen LogP contribution in [0.15, 0.2) is 6.20 Å². The van der Waals surface area contributed by atoms with Crippen molar-refractivity contribution in [2.75, 3.05) is 27.7 Å². The summed E-state index contributed by atoms with van der Waals surface area (Å²) in [5.41, 5.74) is -0.0477. The normalized spacial score (nSPS) is 14.2. The highest BCUT2D eigenvalue weighted by Crippen LogP contribution is 2.35. The summed E-state index contributed by atoms with van der Waals surface area (Å²) in [4.78, 5) is 1.86. The second-order valence-electron chi connectivity index (χ2n) is 4.17. The molecule has 1 rings (SSSR count). The molecule has 0 aliphatic heterocycles. The van der Waals surface area contributed by atoms with Crippen molar-refractivity contribution in [3.63, 3.8) is 0 Å². The molecule has 0 fully saturated rings. The number of nitrogens with one attached hydrogen (secondary N) is 1. The second-order valence-corrected chi connectivity index (χ2v) is 4.57. The van der Waals surface area contributed by atoms with Crippen molar-refractivity contribution < 1.29 is 13.2 Å². The topological polar surface area (TPSA) is 33.1 Å². The zero-order valence-corrected chi connectivity index (χ0v) is 11.2. The Bertz CT molecular complexity index is 389. The smallest absolute Gasteiger partial charge is 0.308 e. The average Bonchev–Trinajstić information content (AvgIpc) is 2.57. The Morgan fingerprint density at radius 2 is 2.11 bits per heavy atom. The van der Waals surface area contributed by atoms with Gasteiger partial charge in [-0.15, -0.1) is 0 Å². The third-order valence-electron chi connectivity index (χ3n) is 2.48. The van der Waals surface area contributed by atoms with Gasteiger partial charge in [0.1, 0.15) is 6.04 Å². The lowest BCUT2D eigenvalue weighted by Gasteiger charge is -2.22. The minimum absolute atomic E-state index is 0.0189. The van der Waals surface area contributed by atoms with Crippen molar-refractivity contribution in [3.05, 3.63) is 16.9 Å². The Labute approximate surface area is 109 Å². The fourth-order valence-electron chi connectivity index (χ4n) is 1.59. The number of hydrogen-bond acceptors (Lipinski definition) is 3. The van der Waals surface area contributed by atoms with Gasteiger partial charge in [-0.25, -0.2) is 0 Å². The van der Waals surface area contributed by atoms with Gasteiger partial charge in [-0.1, -0.05) is 11.6 Å². The molecule has 0 saturated carbocycles. The van der Waals surface area contributed by atoms with Crippen LogP contribution in [-0.4, -0.2) is 48.5 Å². The maximum atomic E-state index is 12.9. The summed E-state index contributed by atoms with van der Waals surface area (Å²) in [6, 6.07) is -1.81. The number of nitrogens with zero attached hydrogens (tertiary/aromatic N) is 3. The van der Waals surface area contributed by atoms with Crippen LogP contribution in [0, 0.1) is 0 Å². The van der Waals surface area contributed by atoms with E-state index in [1.165, 1.54) is 17.9 Å². The zero-order chi connectivity index (χ0) is 13.9. The summed E-state index contributed by atoms with van der Waals surface area (Å²) in [6.45, 7) is 0.933. The molecule has 0 saturated heterocycles. The second kappa shape index (κ2) is 5.90. The van der Waals surface area contributed by atoms with Crippen molar-refractivity contribution in [1.29, 1.82) is 0 Å². The van der Waals surface area contributed by atoms with E-state index in [4.69, 9.17) is 11.6 Å². The molecular formula is C10H16ClF3N4. The molecule has 0 aliphatic rings. The van der Waals surface area contributed by atoms with E-state index in [-0.39, 0.29) is 10.7 Å². The van der Waals surface area contributed by atoms with Crippen LogP contribution in [0.1, 0.15) is 11.7 Å². The van der Waals surface area contributed by atoms with Crippen molar-refractivity contribution >= 4 is 11.6 Å². The van der Waals surface area contributed by atoms with Crippen LogP contribution in [0.5, 0.6) is 0 Å². The van der Waals surface area contributed by atoms with Gasteiger partial charge in [0.05, 0.1) is 23.5 Å². The van der Waals surface area contributed by atoms with Crippen molar-refractivity contribution in [3.8, 4) is 0 Å². The average molecular weight is 285 g/mol. The van der Waals surface area contributed by atoms with E-state index in [1.807, 2.05) is 19.0 Å². The summed E-state index contributed by atoms with van der Waals surface area (Å²) in [6.07, 6.45) is -3.17. The fourth-order valence-corrected chi connectivity index (χ4v) is 1.84. The van der Waals surface area contributed by atoms with E-state index in [0.717, 1.165) is 0 Å². The maximum Gasteiger partial charge on any atom is 0.409 e. The Kier molecular flexibility index (Phi) is 5.01. The Balaban J connectivity index is 3.02. The summed E-state index contributed by atoms with van der Waals surface area (Å²) in [5.74, 6) is 0. The molecule has 1 atom stereocenters. The fraction of sp³-hybridized carbons (Fsp3) is 0.700. The van der Waals surface area contributed by atoms with Gasteiger partial charge in [0, 0.05) is 6.54 Å². The minimum atomic E-state index is -4.41. The van der Waals surface area contributed by atoms with Crippen molar-refractivity contribution in [1.82, 2.24) is 20.0 Å². The molecule has 0 bridgehead atoms. The summed E-state index contributed by atoms with van der Waals surface area (Å²) in [5, 5.41) is 6.14. The van der Waals surface area contributed by atoms with Crippen molar-refractivity contribution in [2.45, 2.75) is 18.8 Å². The van der Waals surface area contributed by atoms with Crippen LogP contribution < -0.4 is 5.32 Å². The summed E-state index contributed by atoms with van der Waals surface area (Å²) in [7, 11) is 4.92. The van der Waals surface area contributed by atoms with E-state index in [1.54, 1.807) is 0 Å². The molecular weight excluding hydrogens is 269 g/mol. The van der Waals surface area contributed by atoms with Gasteiger partial charge in [0.25, 0.3) is 0 Å². The first-order valence-corrected chi connectivity index (χ1v) is 5.75.